The van der Waals surface area contributed by atoms with Crippen molar-refractivity contribution < 1.29 is 22.7 Å². The van der Waals surface area contributed by atoms with Gasteiger partial charge in [-0.25, -0.2) is 12.7 Å². The summed E-state index contributed by atoms with van der Waals surface area (Å²) in [5.41, 5.74) is 0.776. The number of ether oxygens (including phenoxy) is 2. The highest BCUT2D eigenvalue weighted by atomic mass is 32.2. The molecule has 0 bridgehead atoms. The highest BCUT2D eigenvalue weighted by Gasteiger charge is 2.44. The Labute approximate surface area is 163 Å². The van der Waals surface area contributed by atoms with Gasteiger partial charge in [0.2, 0.25) is 0 Å². The molecule has 1 amide bonds. The van der Waals surface area contributed by atoms with Crippen molar-refractivity contribution in [1.29, 1.82) is 0 Å². The quantitative estimate of drug-likeness (QED) is 0.654. The molecule has 2 aromatic rings. The van der Waals surface area contributed by atoms with Gasteiger partial charge in [0, 0.05) is 16.5 Å². The van der Waals surface area contributed by atoms with E-state index in [1.165, 1.54) is 32.0 Å². The number of hydrogen-bond acceptors (Lipinski definition) is 6. The molecule has 8 heteroatoms. The van der Waals surface area contributed by atoms with E-state index in [1.54, 1.807) is 0 Å². The van der Waals surface area contributed by atoms with Gasteiger partial charge in [-0.1, -0.05) is 31.5 Å². The van der Waals surface area contributed by atoms with Crippen molar-refractivity contribution in [2.24, 2.45) is 0 Å². The van der Waals surface area contributed by atoms with Crippen LogP contribution in [0.15, 0.2) is 46.2 Å². The molecule has 0 spiro atoms. The molecular formula is C19H21NO5S2. The number of thioether (sulfide) groups is 1. The molecule has 0 saturated carbocycles. The first kappa shape index (κ1) is 19.6. The third kappa shape index (κ3) is 3.39. The SMILES string of the molecule is CCCc1c(OC)c(OC)cc2c1C(=O)N(CSc1ccccc1)S2(=O)=O. The van der Waals surface area contributed by atoms with Crippen LogP contribution in [0.2, 0.25) is 0 Å². The highest BCUT2D eigenvalue weighted by Crippen LogP contribution is 2.44. The summed E-state index contributed by atoms with van der Waals surface area (Å²) in [7, 11) is -0.999. The lowest BCUT2D eigenvalue weighted by molar-refractivity contribution is 0.0885. The predicted octanol–water partition coefficient (Wildman–Crippen LogP) is 3.55. The second kappa shape index (κ2) is 7.82. The van der Waals surface area contributed by atoms with E-state index in [4.69, 9.17) is 9.47 Å². The summed E-state index contributed by atoms with van der Waals surface area (Å²) in [6.07, 6.45) is 1.26. The minimum Gasteiger partial charge on any atom is -0.493 e. The molecule has 2 aromatic carbocycles. The molecule has 0 aromatic heterocycles. The Kier molecular flexibility index (Phi) is 5.67. The van der Waals surface area contributed by atoms with E-state index in [2.05, 4.69) is 0 Å². The first-order valence-electron chi connectivity index (χ1n) is 8.48. The third-order valence-electron chi connectivity index (χ3n) is 4.33. The van der Waals surface area contributed by atoms with Crippen molar-refractivity contribution in [1.82, 2.24) is 4.31 Å². The molecule has 0 fully saturated rings. The Morgan fingerprint density at radius 3 is 2.41 bits per heavy atom. The Hall–Kier alpha value is -2.19. The van der Waals surface area contributed by atoms with Crippen LogP contribution in [0.25, 0.3) is 0 Å². The molecule has 1 heterocycles. The van der Waals surface area contributed by atoms with E-state index in [0.29, 0.717) is 23.5 Å². The van der Waals surface area contributed by atoms with Crippen LogP contribution in [0, 0.1) is 0 Å². The zero-order valence-corrected chi connectivity index (χ0v) is 17.0. The molecule has 0 N–H and O–H groups in total. The number of rotatable bonds is 7. The monoisotopic (exact) mass is 407 g/mol. The molecule has 0 atom stereocenters. The standard InChI is InChI=1S/C19H21NO5S2/c1-4-8-14-17-16(11-15(24-2)18(14)25-3)27(22,23)20(19(17)21)12-26-13-9-6-5-7-10-13/h5-7,9-11H,4,8,12H2,1-3H3. The highest BCUT2D eigenvalue weighted by molar-refractivity contribution is 8.00. The molecule has 27 heavy (non-hydrogen) atoms. The Balaban J connectivity index is 2.06. The Morgan fingerprint density at radius 2 is 1.81 bits per heavy atom. The van der Waals surface area contributed by atoms with E-state index >= 15 is 0 Å². The normalized spacial score (nSPS) is 14.9. The lowest BCUT2D eigenvalue weighted by atomic mass is 10.0. The number of sulfonamides is 1. The molecule has 144 valence electrons. The summed E-state index contributed by atoms with van der Waals surface area (Å²) in [5, 5.41) is 0. The van der Waals surface area contributed by atoms with Crippen LogP contribution >= 0.6 is 11.8 Å². The smallest absolute Gasteiger partial charge is 0.270 e. The second-order valence-corrected chi connectivity index (χ2v) is 8.81. The van der Waals surface area contributed by atoms with Gasteiger partial charge in [0.05, 0.1) is 25.7 Å². The summed E-state index contributed by atoms with van der Waals surface area (Å²) in [6.45, 7) is 1.96. The van der Waals surface area contributed by atoms with E-state index in [-0.39, 0.29) is 16.3 Å². The minimum absolute atomic E-state index is 0.00998. The summed E-state index contributed by atoms with van der Waals surface area (Å²) in [5.74, 6) is 0.224. The van der Waals surface area contributed by atoms with Crippen LogP contribution in [0.5, 0.6) is 11.5 Å². The summed E-state index contributed by atoms with van der Waals surface area (Å²) in [6, 6.07) is 10.7. The zero-order chi connectivity index (χ0) is 19.6. The number of carbonyl (C=O) groups excluding carboxylic acids is 1. The molecule has 0 aliphatic carbocycles. The lowest BCUT2D eigenvalue weighted by Crippen LogP contribution is -2.29. The number of nitrogens with zero attached hydrogens (tertiary/aromatic N) is 1. The van der Waals surface area contributed by atoms with Crippen LogP contribution in [-0.4, -0.2) is 38.7 Å². The average Bonchev–Trinajstić information content (AvgIpc) is 2.86. The van der Waals surface area contributed by atoms with Gasteiger partial charge in [0.1, 0.15) is 4.90 Å². The van der Waals surface area contributed by atoms with Crippen LogP contribution in [0.4, 0.5) is 0 Å². The maximum absolute atomic E-state index is 13.0. The van der Waals surface area contributed by atoms with Gasteiger partial charge in [0.25, 0.3) is 15.9 Å². The van der Waals surface area contributed by atoms with Gasteiger partial charge in [-0.05, 0) is 18.6 Å². The van der Waals surface area contributed by atoms with Gasteiger partial charge in [-0.15, -0.1) is 11.8 Å². The minimum atomic E-state index is -3.94. The molecule has 1 aliphatic heterocycles. The van der Waals surface area contributed by atoms with Crippen LogP contribution in [0.3, 0.4) is 0 Å². The first-order valence-corrected chi connectivity index (χ1v) is 10.9. The molecule has 0 saturated heterocycles. The van der Waals surface area contributed by atoms with Crippen molar-refractivity contribution in [3.8, 4) is 11.5 Å². The van der Waals surface area contributed by atoms with Crippen LogP contribution in [0.1, 0.15) is 29.3 Å². The molecule has 0 unspecified atom stereocenters. The predicted molar refractivity (Wildman–Crippen MR) is 104 cm³/mol. The average molecular weight is 408 g/mol. The van der Waals surface area contributed by atoms with Crippen molar-refractivity contribution in [2.75, 3.05) is 20.1 Å². The van der Waals surface area contributed by atoms with E-state index in [1.807, 2.05) is 37.3 Å². The van der Waals surface area contributed by atoms with Crippen molar-refractivity contribution in [2.45, 2.75) is 29.6 Å². The summed E-state index contributed by atoms with van der Waals surface area (Å²) < 4.78 is 37.7. The number of methoxy groups -OCH3 is 2. The number of benzene rings is 2. The number of amides is 1. The maximum Gasteiger partial charge on any atom is 0.270 e. The molecule has 6 nitrogen and oxygen atoms in total. The zero-order valence-electron chi connectivity index (χ0n) is 15.4. The van der Waals surface area contributed by atoms with Gasteiger partial charge in [-0.2, -0.15) is 0 Å². The first-order chi connectivity index (χ1) is 13.0. The summed E-state index contributed by atoms with van der Waals surface area (Å²) >= 11 is 1.30. The fourth-order valence-corrected chi connectivity index (χ4v) is 5.82. The van der Waals surface area contributed by atoms with Gasteiger partial charge in [0.15, 0.2) is 11.5 Å². The van der Waals surface area contributed by atoms with E-state index in [9.17, 15) is 13.2 Å². The number of fused-ring (bicyclic) bond motifs is 1. The van der Waals surface area contributed by atoms with Gasteiger partial charge >= 0.3 is 0 Å². The fourth-order valence-electron chi connectivity index (χ4n) is 3.10. The Bertz CT molecular complexity index is 958. The molecule has 0 radical (unpaired) electrons. The number of hydrogen-bond donors (Lipinski definition) is 0. The largest absolute Gasteiger partial charge is 0.493 e. The third-order valence-corrected chi connectivity index (χ3v) is 7.24. The summed E-state index contributed by atoms with van der Waals surface area (Å²) in [4.78, 5) is 13.9. The molecule has 3 rings (SSSR count). The maximum atomic E-state index is 13.0. The van der Waals surface area contributed by atoms with Crippen molar-refractivity contribution in [3.05, 3.63) is 47.5 Å². The lowest BCUT2D eigenvalue weighted by Gasteiger charge is -2.15. The number of carbonyl (C=O) groups is 1. The van der Waals surface area contributed by atoms with E-state index < -0.39 is 15.9 Å². The van der Waals surface area contributed by atoms with Crippen LogP contribution in [-0.2, 0) is 16.4 Å². The Morgan fingerprint density at radius 1 is 1.11 bits per heavy atom. The van der Waals surface area contributed by atoms with Crippen LogP contribution < -0.4 is 9.47 Å². The van der Waals surface area contributed by atoms with Crippen molar-refractivity contribution >= 4 is 27.7 Å². The second-order valence-electron chi connectivity index (χ2n) is 5.96. The van der Waals surface area contributed by atoms with E-state index in [0.717, 1.165) is 15.6 Å². The van der Waals surface area contributed by atoms with Crippen molar-refractivity contribution in [3.63, 3.8) is 0 Å². The topological polar surface area (TPSA) is 72.9 Å². The van der Waals surface area contributed by atoms with Gasteiger partial charge in [-0.3, -0.25) is 4.79 Å². The van der Waals surface area contributed by atoms with Gasteiger partial charge < -0.3 is 9.47 Å². The fraction of sp³-hybridized carbons (Fsp3) is 0.316. The molecular weight excluding hydrogens is 386 g/mol. The molecule has 1 aliphatic rings.